The minimum atomic E-state index is -0.382. The van der Waals surface area contributed by atoms with Crippen molar-refractivity contribution < 1.29 is 9.53 Å². The van der Waals surface area contributed by atoms with Crippen LogP contribution in [0.4, 0.5) is 0 Å². The van der Waals surface area contributed by atoms with Gasteiger partial charge in [-0.05, 0) is 36.8 Å². The molecule has 2 heterocycles. The number of pyridine rings is 1. The van der Waals surface area contributed by atoms with E-state index in [0.717, 1.165) is 11.3 Å². The molecule has 0 aliphatic carbocycles. The van der Waals surface area contributed by atoms with Gasteiger partial charge < -0.3 is 4.74 Å². The SMILES string of the molecule is CCOc1ccc(C2NNC(C(=O)N/N=C/c3ccccn3)C2C)cc1. The van der Waals surface area contributed by atoms with Crippen LogP contribution in [0.15, 0.2) is 53.8 Å². The number of ether oxygens (including phenoxy) is 1. The molecule has 3 N–H and O–H groups in total. The van der Waals surface area contributed by atoms with E-state index < -0.39 is 0 Å². The Morgan fingerprint density at radius 3 is 2.77 bits per heavy atom. The summed E-state index contributed by atoms with van der Waals surface area (Å²) in [5, 5.41) is 3.98. The molecule has 7 nitrogen and oxygen atoms in total. The molecule has 1 fully saturated rings. The van der Waals surface area contributed by atoms with Crippen molar-refractivity contribution in [1.82, 2.24) is 21.3 Å². The van der Waals surface area contributed by atoms with Crippen LogP contribution in [0, 0.1) is 5.92 Å². The fourth-order valence-electron chi connectivity index (χ4n) is 2.95. The van der Waals surface area contributed by atoms with E-state index in [0.29, 0.717) is 12.3 Å². The molecular weight excluding hydrogens is 330 g/mol. The van der Waals surface area contributed by atoms with Gasteiger partial charge >= 0.3 is 0 Å². The lowest BCUT2D eigenvalue weighted by Gasteiger charge is -2.18. The minimum absolute atomic E-state index is 0.0289. The van der Waals surface area contributed by atoms with Gasteiger partial charge in [0.1, 0.15) is 11.8 Å². The van der Waals surface area contributed by atoms with E-state index in [9.17, 15) is 4.79 Å². The molecule has 3 atom stereocenters. The van der Waals surface area contributed by atoms with E-state index in [-0.39, 0.29) is 23.9 Å². The Kier molecular flexibility index (Phi) is 5.93. The third kappa shape index (κ3) is 4.25. The zero-order valence-electron chi connectivity index (χ0n) is 14.8. The van der Waals surface area contributed by atoms with Gasteiger partial charge in [-0.25, -0.2) is 16.3 Å². The first kappa shape index (κ1) is 18.0. The van der Waals surface area contributed by atoms with Gasteiger partial charge in [0.2, 0.25) is 0 Å². The van der Waals surface area contributed by atoms with E-state index in [4.69, 9.17) is 4.74 Å². The fraction of sp³-hybridized carbons (Fsp3) is 0.316. The van der Waals surface area contributed by atoms with Crippen LogP contribution in [-0.4, -0.2) is 29.8 Å². The van der Waals surface area contributed by atoms with Gasteiger partial charge in [-0.3, -0.25) is 9.78 Å². The second-order valence-electron chi connectivity index (χ2n) is 6.09. The number of hydrazone groups is 1. The third-order valence-corrected chi connectivity index (χ3v) is 4.34. The van der Waals surface area contributed by atoms with Crippen molar-refractivity contribution in [3.05, 3.63) is 59.9 Å². The predicted molar refractivity (Wildman–Crippen MR) is 99.5 cm³/mol. The zero-order chi connectivity index (χ0) is 18.4. The van der Waals surface area contributed by atoms with Crippen LogP contribution in [0.5, 0.6) is 5.75 Å². The van der Waals surface area contributed by atoms with Crippen LogP contribution in [0.25, 0.3) is 0 Å². The zero-order valence-corrected chi connectivity index (χ0v) is 14.8. The van der Waals surface area contributed by atoms with Crippen LogP contribution >= 0.6 is 0 Å². The standard InChI is InChI=1S/C19H23N5O2/c1-3-26-16-9-7-14(8-10-16)17-13(2)18(23-22-17)19(25)24-21-12-15-6-4-5-11-20-15/h4-13,17-18,22-23H,3H2,1-2H3,(H,24,25)/b21-12+. The van der Waals surface area contributed by atoms with Crippen LogP contribution in [0.1, 0.15) is 31.1 Å². The topological polar surface area (TPSA) is 87.6 Å². The predicted octanol–water partition coefficient (Wildman–Crippen LogP) is 1.78. The summed E-state index contributed by atoms with van der Waals surface area (Å²) in [7, 11) is 0. The Labute approximate surface area is 152 Å². The molecule has 1 aromatic carbocycles. The second kappa shape index (κ2) is 8.55. The quantitative estimate of drug-likeness (QED) is 0.544. The highest BCUT2D eigenvalue weighted by Gasteiger charge is 2.37. The Morgan fingerprint density at radius 2 is 2.08 bits per heavy atom. The molecule has 1 saturated heterocycles. The molecule has 7 heteroatoms. The number of amides is 1. The first-order valence-electron chi connectivity index (χ1n) is 8.67. The van der Waals surface area contributed by atoms with Gasteiger partial charge in [0, 0.05) is 12.1 Å². The van der Waals surface area contributed by atoms with Crippen LogP contribution in [0.2, 0.25) is 0 Å². The van der Waals surface area contributed by atoms with Crippen LogP contribution < -0.4 is 21.0 Å². The molecule has 26 heavy (non-hydrogen) atoms. The van der Waals surface area contributed by atoms with Gasteiger partial charge in [-0.15, -0.1) is 0 Å². The Bertz CT molecular complexity index is 748. The molecule has 0 spiro atoms. The molecular formula is C19H23N5O2. The second-order valence-corrected chi connectivity index (χ2v) is 6.09. The number of benzene rings is 1. The largest absolute Gasteiger partial charge is 0.494 e. The summed E-state index contributed by atoms with van der Waals surface area (Å²) in [5.41, 5.74) is 10.6. The number of aromatic nitrogens is 1. The maximum Gasteiger partial charge on any atom is 0.258 e. The monoisotopic (exact) mass is 353 g/mol. The van der Waals surface area contributed by atoms with Crippen molar-refractivity contribution in [2.75, 3.05) is 6.61 Å². The third-order valence-electron chi connectivity index (χ3n) is 4.34. The highest BCUT2D eigenvalue weighted by molar-refractivity contribution is 5.84. The molecule has 1 amide bonds. The lowest BCUT2D eigenvalue weighted by molar-refractivity contribution is -0.123. The maximum atomic E-state index is 12.4. The van der Waals surface area contributed by atoms with Crippen molar-refractivity contribution in [3.8, 4) is 5.75 Å². The highest BCUT2D eigenvalue weighted by atomic mass is 16.5. The smallest absolute Gasteiger partial charge is 0.258 e. The molecule has 1 aliphatic heterocycles. The van der Waals surface area contributed by atoms with E-state index in [1.54, 1.807) is 6.20 Å². The Morgan fingerprint density at radius 1 is 1.27 bits per heavy atom. The van der Waals surface area contributed by atoms with Crippen molar-refractivity contribution >= 4 is 12.1 Å². The number of hydrogen-bond donors (Lipinski definition) is 3. The molecule has 1 aromatic heterocycles. The van der Waals surface area contributed by atoms with E-state index >= 15 is 0 Å². The lowest BCUT2D eigenvalue weighted by Crippen LogP contribution is -2.43. The number of nitrogens with one attached hydrogen (secondary N) is 3. The van der Waals surface area contributed by atoms with Gasteiger partial charge in [-0.1, -0.05) is 25.1 Å². The summed E-state index contributed by atoms with van der Waals surface area (Å²) >= 11 is 0. The summed E-state index contributed by atoms with van der Waals surface area (Å²) in [6, 6.07) is 13.1. The molecule has 2 aromatic rings. The van der Waals surface area contributed by atoms with Gasteiger partial charge in [0.05, 0.1) is 24.6 Å². The van der Waals surface area contributed by atoms with Crippen LogP contribution in [0.3, 0.4) is 0 Å². The molecule has 0 radical (unpaired) electrons. The fourth-order valence-corrected chi connectivity index (χ4v) is 2.95. The minimum Gasteiger partial charge on any atom is -0.494 e. The number of rotatable bonds is 6. The molecule has 0 saturated carbocycles. The normalized spacial score (nSPS) is 22.5. The average molecular weight is 353 g/mol. The molecule has 1 aliphatic rings. The molecule has 3 rings (SSSR count). The van der Waals surface area contributed by atoms with Crippen molar-refractivity contribution in [3.63, 3.8) is 0 Å². The van der Waals surface area contributed by atoms with Crippen LogP contribution in [-0.2, 0) is 4.79 Å². The van der Waals surface area contributed by atoms with E-state index in [2.05, 4.69) is 26.4 Å². The summed E-state index contributed by atoms with van der Waals surface area (Å²) in [6.45, 7) is 4.62. The van der Waals surface area contributed by atoms with Gasteiger partial charge in [0.15, 0.2) is 0 Å². The van der Waals surface area contributed by atoms with E-state index in [1.807, 2.05) is 56.3 Å². The first-order valence-corrected chi connectivity index (χ1v) is 8.67. The summed E-state index contributed by atoms with van der Waals surface area (Å²) in [6.07, 6.45) is 3.20. The summed E-state index contributed by atoms with van der Waals surface area (Å²) in [4.78, 5) is 16.5. The van der Waals surface area contributed by atoms with E-state index in [1.165, 1.54) is 6.21 Å². The molecule has 0 bridgehead atoms. The summed E-state index contributed by atoms with van der Waals surface area (Å²) in [5.74, 6) is 0.705. The lowest BCUT2D eigenvalue weighted by atomic mass is 9.91. The average Bonchev–Trinajstić information content (AvgIpc) is 3.05. The number of nitrogens with zero attached hydrogens (tertiary/aromatic N) is 2. The highest BCUT2D eigenvalue weighted by Crippen LogP contribution is 2.29. The van der Waals surface area contributed by atoms with Gasteiger partial charge in [0.25, 0.3) is 5.91 Å². The Hall–Kier alpha value is -2.77. The number of carbonyl (C=O) groups excluding carboxylic acids is 1. The Balaban J connectivity index is 1.58. The van der Waals surface area contributed by atoms with Crippen molar-refractivity contribution in [1.29, 1.82) is 0 Å². The molecule has 3 unspecified atom stereocenters. The maximum absolute atomic E-state index is 12.4. The molecule has 136 valence electrons. The first-order chi connectivity index (χ1) is 12.7. The number of hydrazine groups is 1. The number of hydrogen-bond acceptors (Lipinski definition) is 6. The van der Waals surface area contributed by atoms with Crippen molar-refractivity contribution in [2.45, 2.75) is 25.9 Å². The number of carbonyl (C=O) groups is 1. The van der Waals surface area contributed by atoms with Gasteiger partial charge in [-0.2, -0.15) is 5.10 Å². The summed E-state index contributed by atoms with van der Waals surface area (Å²) < 4.78 is 5.47. The van der Waals surface area contributed by atoms with Crippen molar-refractivity contribution in [2.24, 2.45) is 11.0 Å².